The summed E-state index contributed by atoms with van der Waals surface area (Å²) in [5.41, 5.74) is 3.93. The number of nitrogens with one attached hydrogen (secondary N) is 2. The number of amides is 1. The summed E-state index contributed by atoms with van der Waals surface area (Å²) in [5.74, 6) is 1.78. The van der Waals surface area contributed by atoms with E-state index < -0.39 is 0 Å². The number of aryl methyl sites for hydroxylation is 1. The lowest BCUT2D eigenvalue weighted by atomic mass is 10.2. The van der Waals surface area contributed by atoms with Crippen molar-refractivity contribution in [1.82, 2.24) is 19.9 Å². The van der Waals surface area contributed by atoms with E-state index in [-0.39, 0.29) is 5.91 Å². The molecule has 0 saturated carbocycles. The molecule has 3 aromatic heterocycles. The van der Waals surface area contributed by atoms with Crippen molar-refractivity contribution in [3.8, 4) is 5.75 Å². The molecule has 176 valence electrons. The highest BCUT2D eigenvalue weighted by molar-refractivity contribution is 7.18. The average molecular weight is 477 g/mol. The molecule has 4 aromatic rings. The van der Waals surface area contributed by atoms with Crippen LogP contribution in [0.3, 0.4) is 0 Å². The highest BCUT2D eigenvalue weighted by atomic mass is 32.1. The molecule has 0 fully saturated rings. The Labute approximate surface area is 203 Å². The van der Waals surface area contributed by atoms with Crippen molar-refractivity contribution in [2.75, 3.05) is 30.8 Å². The number of hydrogen-bond donors (Lipinski definition) is 2. The molecule has 34 heavy (non-hydrogen) atoms. The molecule has 0 bridgehead atoms. The zero-order valence-electron chi connectivity index (χ0n) is 19.8. The lowest BCUT2D eigenvalue weighted by molar-refractivity contribution is 0.102. The van der Waals surface area contributed by atoms with E-state index >= 15 is 0 Å². The maximum absolute atomic E-state index is 13.0. The van der Waals surface area contributed by atoms with Gasteiger partial charge in [-0.3, -0.25) is 9.69 Å². The number of carbonyl (C=O) groups excluding carboxylic acids is 1. The second-order valence-corrected chi connectivity index (χ2v) is 8.76. The Morgan fingerprint density at radius 1 is 1.12 bits per heavy atom. The fourth-order valence-corrected chi connectivity index (χ4v) is 4.65. The molecule has 4 rings (SSSR count). The van der Waals surface area contributed by atoms with Crippen LogP contribution in [0.2, 0.25) is 0 Å². The van der Waals surface area contributed by atoms with Gasteiger partial charge in [0.1, 0.15) is 17.9 Å². The van der Waals surface area contributed by atoms with E-state index in [1.54, 1.807) is 24.8 Å². The number of thiophene rings is 1. The van der Waals surface area contributed by atoms with Crippen molar-refractivity contribution in [3.63, 3.8) is 0 Å². The van der Waals surface area contributed by atoms with Gasteiger partial charge in [-0.2, -0.15) is 0 Å². The first-order valence-corrected chi connectivity index (χ1v) is 12.0. The van der Waals surface area contributed by atoms with Crippen molar-refractivity contribution in [2.24, 2.45) is 0 Å². The van der Waals surface area contributed by atoms with Crippen LogP contribution in [0.1, 0.15) is 35.3 Å². The van der Waals surface area contributed by atoms with E-state index in [4.69, 9.17) is 4.74 Å². The summed E-state index contributed by atoms with van der Waals surface area (Å²) < 4.78 is 6.10. The standard InChI is InChI=1S/C25H28N6O2S/c1-5-31(6-2)13-17-7-8-26-21(11-17)30-24-23-22(27-15-28-24)20(14-34-23)25(32)29-18-9-16(3)10-19(12-18)33-4/h7-12,14-15H,5-6,13H2,1-4H3,(H,29,32)(H,26,27,28,30). The van der Waals surface area contributed by atoms with Crippen molar-refractivity contribution in [3.05, 3.63) is 64.9 Å². The number of ether oxygens (including phenoxy) is 1. The molecule has 8 nitrogen and oxygen atoms in total. The summed E-state index contributed by atoms with van der Waals surface area (Å²) in [7, 11) is 1.60. The molecule has 0 aliphatic heterocycles. The van der Waals surface area contributed by atoms with E-state index in [0.717, 1.165) is 29.9 Å². The summed E-state index contributed by atoms with van der Waals surface area (Å²) >= 11 is 1.42. The molecular formula is C25H28N6O2S. The minimum atomic E-state index is -0.233. The smallest absolute Gasteiger partial charge is 0.258 e. The third-order valence-corrected chi connectivity index (χ3v) is 6.49. The van der Waals surface area contributed by atoms with Crippen LogP contribution in [0.5, 0.6) is 5.75 Å². The van der Waals surface area contributed by atoms with E-state index in [0.29, 0.717) is 34.2 Å². The summed E-state index contributed by atoms with van der Waals surface area (Å²) in [5, 5.41) is 8.05. The zero-order chi connectivity index (χ0) is 24.1. The molecule has 9 heteroatoms. The molecule has 0 atom stereocenters. The normalized spacial score (nSPS) is 11.1. The second kappa shape index (κ2) is 10.6. The Morgan fingerprint density at radius 3 is 2.71 bits per heavy atom. The van der Waals surface area contributed by atoms with E-state index in [1.807, 2.05) is 31.2 Å². The maximum atomic E-state index is 13.0. The Kier molecular flexibility index (Phi) is 7.34. The molecule has 1 aromatic carbocycles. The van der Waals surface area contributed by atoms with Gasteiger partial charge >= 0.3 is 0 Å². The highest BCUT2D eigenvalue weighted by Crippen LogP contribution is 2.31. The predicted molar refractivity (Wildman–Crippen MR) is 137 cm³/mol. The maximum Gasteiger partial charge on any atom is 0.258 e. The molecule has 0 aliphatic rings. The molecule has 0 spiro atoms. The minimum absolute atomic E-state index is 0.233. The molecular weight excluding hydrogens is 448 g/mol. The molecule has 0 radical (unpaired) electrons. The number of methoxy groups -OCH3 is 1. The second-order valence-electron chi connectivity index (χ2n) is 7.88. The fraction of sp³-hybridized carbons (Fsp3) is 0.280. The van der Waals surface area contributed by atoms with Crippen LogP contribution in [0, 0.1) is 6.92 Å². The minimum Gasteiger partial charge on any atom is -0.497 e. The van der Waals surface area contributed by atoms with Crippen LogP contribution in [-0.2, 0) is 6.54 Å². The number of nitrogens with zero attached hydrogens (tertiary/aromatic N) is 4. The van der Waals surface area contributed by atoms with Gasteiger partial charge in [0, 0.05) is 29.9 Å². The van der Waals surface area contributed by atoms with Gasteiger partial charge in [-0.05, 0) is 55.4 Å². The number of fused-ring (bicyclic) bond motifs is 1. The summed E-state index contributed by atoms with van der Waals surface area (Å²) in [6.45, 7) is 9.10. The topological polar surface area (TPSA) is 92.3 Å². The molecule has 0 aliphatic carbocycles. The number of aromatic nitrogens is 3. The molecule has 0 saturated heterocycles. The van der Waals surface area contributed by atoms with Crippen molar-refractivity contribution in [2.45, 2.75) is 27.3 Å². The summed E-state index contributed by atoms with van der Waals surface area (Å²) in [6.07, 6.45) is 3.26. The first kappa shape index (κ1) is 23.6. The Bertz CT molecular complexity index is 1300. The van der Waals surface area contributed by atoms with Gasteiger partial charge in [0.05, 0.1) is 22.9 Å². The van der Waals surface area contributed by atoms with Gasteiger partial charge in [0.15, 0.2) is 5.82 Å². The number of benzene rings is 1. The van der Waals surface area contributed by atoms with Gasteiger partial charge in [-0.25, -0.2) is 15.0 Å². The monoisotopic (exact) mass is 476 g/mol. The SMILES string of the molecule is CCN(CC)Cc1ccnc(Nc2ncnc3c(C(=O)Nc4cc(C)cc(OC)c4)csc23)c1. The Hall–Kier alpha value is -3.56. The number of carbonyl (C=O) groups is 1. The van der Waals surface area contributed by atoms with Crippen LogP contribution < -0.4 is 15.4 Å². The van der Waals surface area contributed by atoms with Gasteiger partial charge in [-0.1, -0.05) is 13.8 Å². The first-order chi connectivity index (χ1) is 16.5. The highest BCUT2D eigenvalue weighted by Gasteiger charge is 2.17. The predicted octanol–water partition coefficient (Wildman–Crippen LogP) is 5.24. The number of rotatable bonds is 9. The lowest BCUT2D eigenvalue weighted by Crippen LogP contribution is -2.22. The van der Waals surface area contributed by atoms with Crippen LogP contribution >= 0.6 is 11.3 Å². The van der Waals surface area contributed by atoms with Crippen molar-refractivity contribution >= 4 is 44.8 Å². The largest absolute Gasteiger partial charge is 0.497 e. The molecule has 1 amide bonds. The van der Waals surface area contributed by atoms with E-state index in [9.17, 15) is 4.79 Å². The van der Waals surface area contributed by atoms with Crippen molar-refractivity contribution < 1.29 is 9.53 Å². The first-order valence-electron chi connectivity index (χ1n) is 11.1. The molecule has 2 N–H and O–H groups in total. The van der Waals surface area contributed by atoms with Gasteiger partial charge in [-0.15, -0.1) is 11.3 Å². The molecule has 3 heterocycles. The lowest BCUT2D eigenvalue weighted by Gasteiger charge is -2.18. The number of anilines is 3. The Balaban J connectivity index is 1.57. The van der Waals surface area contributed by atoms with E-state index in [1.165, 1.54) is 23.2 Å². The third kappa shape index (κ3) is 5.32. The van der Waals surface area contributed by atoms with Gasteiger partial charge in [0.25, 0.3) is 5.91 Å². The average Bonchev–Trinajstić information content (AvgIpc) is 3.28. The van der Waals surface area contributed by atoms with Crippen LogP contribution in [0.4, 0.5) is 17.3 Å². The number of hydrogen-bond acceptors (Lipinski definition) is 8. The van der Waals surface area contributed by atoms with Gasteiger partial charge in [0.2, 0.25) is 0 Å². The fourth-order valence-electron chi connectivity index (χ4n) is 3.71. The number of pyridine rings is 1. The van der Waals surface area contributed by atoms with Crippen LogP contribution in [-0.4, -0.2) is 46.0 Å². The van der Waals surface area contributed by atoms with Gasteiger partial charge < -0.3 is 15.4 Å². The Morgan fingerprint density at radius 2 is 1.94 bits per heavy atom. The quantitative estimate of drug-likeness (QED) is 0.341. The molecule has 0 unspecified atom stereocenters. The van der Waals surface area contributed by atoms with E-state index in [2.05, 4.69) is 44.3 Å². The third-order valence-electron chi connectivity index (χ3n) is 5.51. The van der Waals surface area contributed by atoms with Crippen molar-refractivity contribution in [1.29, 1.82) is 0 Å². The summed E-state index contributed by atoms with van der Waals surface area (Å²) in [6, 6.07) is 9.64. The zero-order valence-corrected chi connectivity index (χ0v) is 20.6. The van der Waals surface area contributed by atoms with Crippen LogP contribution in [0.25, 0.3) is 10.2 Å². The van der Waals surface area contributed by atoms with Crippen LogP contribution in [0.15, 0.2) is 48.2 Å². The summed E-state index contributed by atoms with van der Waals surface area (Å²) in [4.78, 5) is 28.6.